The van der Waals surface area contributed by atoms with Gasteiger partial charge in [0.25, 0.3) is 0 Å². The Morgan fingerprint density at radius 1 is 0.931 bits per heavy atom. The van der Waals surface area contributed by atoms with Crippen LogP contribution in [-0.2, 0) is 13.2 Å². The number of benzene rings is 2. The Morgan fingerprint density at radius 3 is 2.34 bits per heavy atom. The van der Waals surface area contributed by atoms with Crippen LogP contribution in [0.3, 0.4) is 0 Å². The zero-order chi connectivity index (χ0) is 19.5. The van der Waals surface area contributed by atoms with Crippen LogP contribution in [0.25, 0.3) is 5.65 Å². The molecular weight excluding hydrogens is 426 g/mol. The van der Waals surface area contributed by atoms with E-state index in [2.05, 4.69) is 47.2 Å². The average Bonchev–Trinajstić information content (AvgIpc) is 2.99. The van der Waals surface area contributed by atoms with Crippen LogP contribution in [0.15, 0.2) is 72.9 Å². The summed E-state index contributed by atoms with van der Waals surface area (Å²) < 4.78 is 10.7. The molecule has 0 atom stereocenters. The van der Waals surface area contributed by atoms with Gasteiger partial charge in [-0.15, -0.1) is 0 Å². The van der Waals surface area contributed by atoms with Crippen molar-refractivity contribution in [3.05, 3.63) is 101 Å². The van der Waals surface area contributed by atoms with Gasteiger partial charge in [-0.25, -0.2) is 4.57 Å². The smallest absolute Gasteiger partial charge is 0.329 e. The summed E-state index contributed by atoms with van der Waals surface area (Å²) in [5.41, 5.74) is 6.39. The zero-order valence-corrected chi connectivity index (χ0v) is 18.1. The third-order valence-electron chi connectivity index (χ3n) is 5.14. The van der Waals surface area contributed by atoms with Crippen LogP contribution in [0.4, 0.5) is 0 Å². The molecule has 0 bridgehead atoms. The number of aromatic nitrogens is 2. The lowest BCUT2D eigenvalue weighted by atomic mass is 10.1. The molecule has 2 aromatic heterocycles. The van der Waals surface area contributed by atoms with Crippen molar-refractivity contribution in [3.63, 3.8) is 0 Å². The third kappa shape index (κ3) is 4.18. The molecule has 29 heavy (non-hydrogen) atoms. The number of halogens is 1. The number of imidazole rings is 1. The molecule has 4 nitrogen and oxygen atoms in total. The molecule has 4 aromatic rings. The molecule has 0 saturated heterocycles. The van der Waals surface area contributed by atoms with Crippen molar-refractivity contribution in [2.45, 2.75) is 27.0 Å². The lowest BCUT2D eigenvalue weighted by Gasteiger charge is -2.07. The average molecular weight is 448 g/mol. The topological polar surface area (TPSA) is 42.0 Å². The van der Waals surface area contributed by atoms with E-state index in [1.54, 1.807) is 0 Å². The van der Waals surface area contributed by atoms with Gasteiger partial charge < -0.3 is 21.7 Å². The van der Waals surface area contributed by atoms with E-state index >= 15 is 0 Å². The van der Waals surface area contributed by atoms with Crippen LogP contribution < -0.4 is 26.1 Å². The number of rotatable bonds is 5. The number of hydrogen-bond donors (Lipinski definition) is 0. The minimum atomic E-state index is 0. The number of nitrogens with zero attached hydrogens (tertiary/aromatic N) is 3. The van der Waals surface area contributed by atoms with Gasteiger partial charge in [0.15, 0.2) is 0 Å². The first-order valence-corrected chi connectivity index (χ1v) is 9.33. The van der Waals surface area contributed by atoms with E-state index in [1.165, 1.54) is 11.4 Å². The Balaban J connectivity index is 0.00000240. The van der Waals surface area contributed by atoms with Crippen LogP contribution >= 0.6 is 0 Å². The summed E-state index contributed by atoms with van der Waals surface area (Å²) in [6.07, 6.45) is 2.07. The van der Waals surface area contributed by atoms with Crippen LogP contribution in [0, 0.1) is 25.2 Å². The molecule has 2 aromatic carbocycles. The normalized spacial score (nSPS) is 10.4. The van der Waals surface area contributed by atoms with Gasteiger partial charge in [-0.2, -0.15) is 9.66 Å². The summed E-state index contributed by atoms with van der Waals surface area (Å²) >= 11 is 0. The second-order valence-electron chi connectivity index (χ2n) is 6.91. The van der Waals surface area contributed by atoms with Crippen molar-refractivity contribution in [3.8, 4) is 11.8 Å². The molecule has 5 heteroatoms. The van der Waals surface area contributed by atoms with E-state index in [1.807, 2.05) is 54.6 Å². The van der Waals surface area contributed by atoms with Gasteiger partial charge in [0.2, 0.25) is 5.75 Å². The van der Waals surface area contributed by atoms with Gasteiger partial charge in [-0.05, 0) is 35.4 Å². The highest BCUT2D eigenvalue weighted by Gasteiger charge is 2.23. The van der Waals surface area contributed by atoms with E-state index in [0.29, 0.717) is 12.2 Å². The minimum absolute atomic E-state index is 0. The molecule has 0 aliphatic heterocycles. The highest BCUT2D eigenvalue weighted by atomic mass is 79.9. The van der Waals surface area contributed by atoms with Gasteiger partial charge in [0, 0.05) is 13.8 Å². The van der Waals surface area contributed by atoms with Gasteiger partial charge in [-0.1, -0.05) is 42.5 Å². The van der Waals surface area contributed by atoms with Crippen LogP contribution in [-0.4, -0.2) is 4.57 Å². The van der Waals surface area contributed by atoms with Crippen molar-refractivity contribution >= 4 is 5.65 Å². The Morgan fingerprint density at radius 2 is 1.66 bits per heavy atom. The highest BCUT2D eigenvalue weighted by Crippen LogP contribution is 2.23. The lowest BCUT2D eigenvalue weighted by Crippen LogP contribution is -3.00. The molecule has 0 aliphatic rings. The van der Waals surface area contributed by atoms with E-state index in [-0.39, 0.29) is 17.0 Å². The first-order valence-electron chi connectivity index (χ1n) is 9.33. The number of fused-ring (bicyclic) bond motifs is 1. The first-order chi connectivity index (χ1) is 13.7. The molecule has 2 heterocycles. The maximum atomic E-state index is 9.02. The van der Waals surface area contributed by atoms with Gasteiger partial charge in [-0.3, -0.25) is 0 Å². The van der Waals surface area contributed by atoms with Crippen molar-refractivity contribution in [2.24, 2.45) is 0 Å². The number of nitriles is 1. The summed E-state index contributed by atoms with van der Waals surface area (Å²) in [4.78, 5) is 0. The summed E-state index contributed by atoms with van der Waals surface area (Å²) in [7, 11) is 0. The first kappa shape index (κ1) is 20.6. The maximum absolute atomic E-state index is 9.02. The largest absolute Gasteiger partial charge is 1.00 e. The van der Waals surface area contributed by atoms with Crippen molar-refractivity contribution in [2.75, 3.05) is 0 Å². The number of hydrogen-bond acceptors (Lipinski definition) is 2. The third-order valence-corrected chi connectivity index (χ3v) is 5.14. The fraction of sp³-hybridized carbons (Fsp3) is 0.167. The Bertz CT molecular complexity index is 1160. The fourth-order valence-electron chi connectivity index (χ4n) is 3.45. The highest BCUT2D eigenvalue weighted by molar-refractivity contribution is 5.51. The molecule has 0 aliphatic carbocycles. The quantitative estimate of drug-likeness (QED) is 0.433. The molecule has 0 unspecified atom stereocenters. The van der Waals surface area contributed by atoms with E-state index < -0.39 is 0 Å². The molecule has 0 amide bonds. The van der Waals surface area contributed by atoms with E-state index in [9.17, 15) is 0 Å². The van der Waals surface area contributed by atoms with Crippen LogP contribution in [0.2, 0.25) is 0 Å². The molecule has 0 fully saturated rings. The second kappa shape index (κ2) is 8.93. The molecule has 0 N–H and O–H groups in total. The minimum Gasteiger partial charge on any atom is -1.00 e. The Labute approximate surface area is 181 Å². The fourth-order valence-corrected chi connectivity index (χ4v) is 3.45. The molecule has 0 spiro atoms. The van der Waals surface area contributed by atoms with E-state index in [4.69, 9.17) is 10.00 Å². The number of aryl methyl sites for hydroxylation is 1. The maximum Gasteiger partial charge on any atom is 0.329 e. The predicted octanol–water partition coefficient (Wildman–Crippen LogP) is 1.35. The number of pyridine rings is 1. The molecule has 4 rings (SSSR count). The molecular formula is C24H22BrN3O. The number of ether oxygens (including phenoxy) is 1. The molecule has 146 valence electrons. The Kier molecular flexibility index (Phi) is 6.36. The summed E-state index contributed by atoms with van der Waals surface area (Å²) in [6, 6.07) is 24.2. The van der Waals surface area contributed by atoms with E-state index in [0.717, 1.165) is 29.1 Å². The van der Waals surface area contributed by atoms with Crippen molar-refractivity contribution in [1.29, 1.82) is 5.26 Å². The molecule has 0 saturated carbocycles. The lowest BCUT2D eigenvalue weighted by molar-refractivity contribution is -0.519. The van der Waals surface area contributed by atoms with Crippen molar-refractivity contribution < 1.29 is 26.1 Å². The zero-order valence-electron chi connectivity index (χ0n) is 16.5. The van der Waals surface area contributed by atoms with Gasteiger partial charge >= 0.3 is 5.65 Å². The molecule has 0 radical (unpaired) electrons. The van der Waals surface area contributed by atoms with Crippen LogP contribution in [0.5, 0.6) is 5.75 Å². The summed E-state index contributed by atoms with van der Waals surface area (Å²) in [6.45, 7) is 5.51. The van der Waals surface area contributed by atoms with Gasteiger partial charge in [0.05, 0.1) is 17.8 Å². The van der Waals surface area contributed by atoms with Crippen LogP contribution in [0.1, 0.15) is 28.1 Å². The predicted molar refractivity (Wildman–Crippen MR) is 108 cm³/mol. The second-order valence-corrected chi connectivity index (χ2v) is 6.91. The van der Waals surface area contributed by atoms with Gasteiger partial charge in [0.1, 0.15) is 24.5 Å². The monoisotopic (exact) mass is 447 g/mol. The Hall–Kier alpha value is -3.10. The standard InChI is InChI=1S/C24H22N3O.BrH/c1-18-19(2)27(16-21-12-10-20(15-25)11-13-21)24-23(9-6-14-26(18)24)28-17-22-7-4-3-5-8-22;/h3-14H,16-17H2,1-2H3;1H/q+1;/p-1. The SMILES string of the molecule is Cc1c(C)[n+]2cccc(OCc3ccccc3)c2n1Cc1ccc(C#N)cc1.[Br-]. The van der Waals surface area contributed by atoms with Crippen molar-refractivity contribution in [1.82, 2.24) is 4.57 Å². The summed E-state index contributed by atoms with van der Waals surface area (Å²) in [5, 5.41) is 9.02. The summed E-state index contributed by atoms with van der Waals surface area (Å²) in [5.74, 6) is 0.858.